The summed E-state index contributed by atoms with van der Waals surface area (Å²) in [6.07, 6.45) is 4.20. The van der Waals surface area contributed by atoms with Crippen LogP contribution in [0.5, 0.6) is 5.75 Å². The molecule has 0 spiro atoms. The van der Waals surface area contributed by atoms with Crippen LogP contribution in [0.25, 0.3) is 10.1 Å². The summed E-state index contributed by atoms with van der Waals surface area (Å²) in [6.45, 7) is 3.75. The van der Waals surface area contributed by atoms with Crippen molar-refractivity contribution in [2.45, 2.75) is 50.7 Å². The zero-order valence-electron chi connectivity index (χ0n) is 23.2. The lowest BCUT2D eigenvalue weighted by molar-refractivity contribution is -0.145. The summed E-state index contributed by atoms with van der Waals surface area (Å²) in [4.78, 5) is 42.5. The minimum atomic E-state index is -0.898. The monoisotopic (exact) mass is 550 g/mol. The first-order valence-corrected chi connectivity index (χ1v) is 13.7. The lowest BCUT2D eigenvalue weighted by Gasteiger charge is -2.33. The highest BCUT2D eigenvalue weighted by Gasteiger charge is 2.34. The quantitative estimate of drug-likeness (QED) is 0.335. The van der Waals surface area contributed by atoms with Crippen molar-refractivity contribution in [3.05, 3.63) is 77.2 Å². The average molecular weight is 551 g/mol. The van der Waals surface area contributed by atoms with Gasteiger partial charge in [0.15, 0.2) is 0 Å². The van der Waals surface area contributed by atoms with Crippen molar-refractivity contribution in [2.24, 2.45) is 11.5 Å². The molecule has 0 saturated carbocycles. The van der Waals surface area contributed by atoms with Crippen LogP contribution in [0.15, 0.2) is 66.1 Å². The highest BCUT2D eigenvalue weighted by Crippen LogP contribution is 2.28. The van der Waals surface area contributed by atoms with E-state index in [-0.39, 0.29) is 18.2 Å². The Morgan fingerprint density at radius 1 is 1.00 bits per heavy atom. The number of fused-ring (bicyclic) bond motifs is 1. The second kappa shape index (κ2) is 12.9. The molecule has 0 aliphatic heterocycles. The van der Waals surface area contributed by atoms with Gasteiger partial charge in [-0.1, -0.05) is 36.4 Å². The molecule has 2 aromatic carbocycles. The molecule has 1 aromatic heterocycles. The number of rotatable bonds is 12. The number of carbonyl (C=O) groups excluding carboxylic acids is 3. The van der Waals surface area contributed by atoms with Gasteiger partial charge in [-0.05, 0) is 66.4 Å². The maximum absolute atomic E-state index is 14.0. The first kappa shape index (κ1) is 29.9. The fourth-order valence-corrected chi connectivity index (χ4v) is 5.30. The van der Waals surface area contributed by atoms with Crippen LogP contribution in [0.1, 0.15) is 31.4 Å². The first-order valence-electron chi connectivity index (χ1n) is 12.8. The summed E-state index contributed by atoms with van der Waals surface area (Å²) >= 11 is 1.59. The fraction of sp³-hybridized carbons (Fsp3) is 0.367. The molecular formula is C30H38N4O4S. The van der Waals surface area contributed by atoms with Gasteiger partial charge >= 0.3 is 0 Å². The van der Waals surface area contributed by atoms with Crippen molar-refractivity contribution < 1.29 is 19.1 Å². The third kappa shape index (κ3) is 7.91. The van der Waals surface area contributed by atoms with Gasteiger partial charge in [-0.25, -0.2) is 0 Å². The van der Waals surface area contributed by atoms with E-state index in [0.717, 1.165) is 21.2 Å². The molecule has 0 unspecified atom stereocenters. The van der Waals surface area contributed by atoms with E-state index in [4.69, 9.17) is 16.2 Å². The van der Waals surface area contributed by atoms with E-state index in [0.29, 0.717) is 18.6 Å². The summed E-state index contributed by atoms with van der Waals surface area (Å²) < 4.78 is 6.31. The molecule has 0 saturated heterocycles. The molecule has 0 aliphatic rings. The van der Waals surface area contributed by atoms with Gasteiger partial charge in [-0.3, -0.25) is 14.4 Å². The number of hydrogen-bond acceptors (Lipinski definition) is 6. The average Bonchev–Trinajstić information content (AvgIpc) is 3.31. The first-order chi connectivity index (χ1) is 18.4. The highest BCUT2D eigenvalue weighted by molar-refractivity contribution is 7.17. The molecule has 0 aliphatic carbocycles. The number of hydrogen-bond donors (Lipinski definition) is 2. The molecular weight excluding hydrogens is 512 g/mol. The summed E-state index contributed by atoms with van der Waals surface area (Å²) in [6, 6.07) is 13.5. The van der Waals surface area contributed by atoms with Crippen LogP contribution < -0.4 is 16.2 Å². The minimum absolute atomic E-state index is 0.235. The van der Waals surface area contributed by atoms with Crippen molar-refractivity contribution in [3.63, 3.8) is 0 Å². The number of benzene rings is 2. The van der Waals surface area contributed by atoms with Crippen molar-refractivity contribution in [1.82, 2.24) is 9.80 Å². The number of amides is 3. The molecule has 2 atom stereocenters. The molecule has 8 nitrogen and oxygen atoms in total. The van der Waals surface area contributed by atoms with Gasteiger partial charge in [0.25, 0.3) is 0 Å². The Balaban J connectivity index is 1.91. The van der Waals surface area contributed by atoms with E-state index in [2.05, 4.69) is 0 Å². The Bertz CT molecular complexity index is 1330. The molecule has 0 bridgehead atoms. The van der Waals surface area contributed by atoms with E-state index in [1.165, 1.54) is 15.9 Å². The molecule has 39 heavy (non-hydrogen) atoms. The number of thiophene rings is 1. The number of primary amides is 1. The molecule has 1 heterocycles. The maximum atomic E-state index is 14.0. The van der Waals surface area contributed by atoms with Gasteiger partial charge in [0.2, 0.25) is 17.7 Å². The Morgan fingerprint density at radius 3 is 2.28 bits per heavy atom. The normalized spacial score (nSPS) is 13.3. The predicted octanol–water partition coefficient (Wildman–Crippen LogP) is 3.52. The van der Waals surface area contributed by atoms with Crippen LogP contribution in [0.3, 0.4) is 0 Å². The molecule has 9 heteroatoms. The molecule has 0 fully saturated rings. The van der Waals surface area contributed by atoms with Crippen molar-refractivity contribution in [1.29, 1.82) is 0 Å². The minimum Gasteiger partial charge on any atom is -0.497 e. The maximum Gasteiger partial charge on any atom is 0.246 e. The molecule has 208 valence electrons. The zero-order chi connectivity index (χ0) is 28.7. The third-order valence-corrected chi connectivity index (χ3v) is 7.72. The summed E-state index contributed by atoms with van der Waals surface area (Å²) in [5.41, 5.74) is 13.1. The van der Waals surface area contributed by atoms with Crippen molar-refractivity contribution in [3.8, 4) is 5.75 Å². The second-order valence-electron chi connectivity index (χ2n) is 10.4. The molecule has 0 radical (unpaired) electrons. The molecule has 3 rings (SSSR count). The van der Waals surface area contributed by atoms with Crippen LogP contribution in [-0.4, -0.2) is 66.3 Å². The van der Waals surface area contributed by atoms with E-state index >= 15 is 0 Å². The van der Waals surface area contributed by atoms with E-state index in [9.17, 15) is 14.4 Å². The molecule has 4 N–H and O–H groups in total. The van der Waals surface area contributed by atoms with Crippen LogP contribution in [0, 0.1) is 0 Å². The molecule has 3 amide bonds. The van der Waals surface area contributed by atoms with Gasteiger partial charge in [-0.15, -0.1) is 11.3 Å². The molecule has 3 aromatic rings. The van der Waals surface area contributed by atoms with Crippen LogP contribution in [0.4, 0.5) is 0 Å². The van der Waals surface area contributed by atoms with E-state index in [1.54, 1.807) is 50.8 Å². The number of nitrogens with zero attached hydrogens (tertiary/aromatic N) is 2. The van der Waals surface area contributed by atoms with Crippen molar-refractivity contribution >= 4 is 39.1 Å². The van der Waals surface area contributed by atoms with Gasteiger partial charge in [0, 0.05) is 37.2 Å². The number of carbonyl (C=O) groups is 3. The van der Waals surface area contributed by atoms with Crippen LogP contribution in [0.2, 0.25) is 0 Å². The zero-order valence-corrected chi connectivity index (χ0v) is 24.0. The van der Waals surface area contributed by atoms with Crippen molar-refractivity contribution in [2.75, 3.05) is 21.2 Å². The number of likely N-dealkylation sites (N-methyl/N-ethyl adjacent to an activating group) is 2. The number of nitrogens with two attached hydrogens (primary N) is 2. The van der Waals surface area contributed by atoms with E-state index in [1.807, 2.05) is 55.6 Å². The number of methoxy groups -OCH3 is 1. The summed E-state index contributed by atoms with van der Waals surface area (Å²) in [5.74, 6) is -0.629. The SMILES string of the molecule is COc1ccc(C[C@H](C(N)=O)N(C)C(=O)[C@@H](Cc2csc3ccccc23)N(C)C(=O)/C=C/CC(C)(C)N)cc1. The van der Waals surface area contributed by atoms with Gasteiger partial charge < -0.3 is 26.0 Å². The lowest BCUT2D eigenvalue weighted by Crippen LogP contribution is -2.55. The van der Waals surface area contributed by atoms with Crippen LogP contribution >= 0.6 is 11.3 Å². The Labute approximate surface area is 234 Å². The van der Waals surface area contributed by atoms with Gasteiger partial charge in [-0.2, -0.15) is 0 Å². The topological polar surface area (TPSA) is 119 Å². The van der Waals surface area contributed by atoms with Crippen LogP contribution in [-0.2, 0) is 27.2 Å². The Kier molecular flexibility index (Phi) is 9.88. The van der Waals surface area contributed by atoms with E-state index < -0.39 is 23.5 Å². The smallest absolute Gasteiger partial charge is 0.246 e. The van der Waals surface area contributed by atoms with Gasteiger partial charge in [0.05, 0.1) is 7.11 Å². The largest absolute Gasteiger partial charge is 0.497 e. The standard InChI is InChI=1S/C30H38N4O4S/c1-30(2,32)16-8-11-27(35)33(3)25(18-21-19-39-26-10-7-6-9-23(21)26)29(37)34(4)24(28(31)36)17-20-12-14-22(38-5)15-13-20/h6-15,19,24-25H,16-18,32H2,1-5H3,(H2,31,36)/b11-8+/t24-,25-/m1/s1. The lowest BCUT2D eigenvalue weighted by atomic mass is 9.99. The second-order valence-corrected chi connectivity index (χ2v) is 11.4. The highest BCUT2D eigenvalue weighted by atomic mass is 32.1. The Morgan fingerprint density at radius 2 is 1.67 bits per heavy atom. The Hall–Kier alpha value is -3.69. The predicted molar refractivity (Wildman–Crippen MR) is 157 cm³/mol. The summed E-state index contributed by atoms with van der Waals surface area (Å²) in [7, 11) is 4.74. The fourth-order valence-electron chi connectivity index (χ4n) is 4.33. The number of ether oxygens (including phenoxy) is 1. The third-order valence-electron chi connectivity index (χ3n) is 6.71. The summed E-state index contributed by atoms with van der Waals surface area (Å²) in [5, 5.41) is 3.05. The van der Waals surface area contributed by atoms with Gasteiger partial charge in [0.1, 0.15) is 17.8 Å².